The summed E-state index contributed by atoms with van der Waals surface area (Å²) < 4.78 is 0. The van der Waals surface area contributed by atoms with Crippen molar-refractivity contribution in [1.82, 2.24) is 19.9 Å². The summed E-state index contributed by atoms with van der Waals surface area (Å²) in [6.07, 6.45) is 0. The van der Waals surface area contributed by atoms with E-state index in [0.717, 1.165) is 87.9 Å². The van der Waals surface area contributed by atoms with Crippen molar-refractivity contribution in [2.24, 2.45) is 0 Å². The average Bonchev–Trinajstić information content (AvgIpc) is 0.745. The van der Waals surface area contributed by atoms with Crippen molar-refractivity contribution in [2.45, 2.75) is 0 Å². The van der Waals surface area contributed by atoms with Crippen molar-refractivity contribution in [3.05, 3.63) is 376 Å². The molecule has 0 N–H and O–H groups in total. The van der Waals surface area contributed by atoms with Crippen molar-refractivity contribution < 1.29 is 0 Å². The van der Waals surface area contributed by atoms with Crippen LogP contribution in [0.15, 0.2) is 376 Å². The van der Waals surface area contributed by atoms with E-state index in [0.29, 0.717) is 0 Å². The van der Waals surface area contributed by atoms with Crippen LogP contribution in [0.1, 0.15) is 0 Å². The number of rotatable bonds is 6. The summed E-state index contributed by atoms with van der Waals surface area (Å²) in [5.41, 5.74) is 19.4. The Morgan fingerprint density at radius 1 is 0.139 bits per heavy atom. The molecule has 0 saturated carbocycles. The quantitative estimate of drug-likeness (QED) is 0.123. The summed E-state index contributed by atoms with van der Waals surface area (Å²) in [6, 6.07) is 136. The van der Waals surface area contributed by atoms with Gasteiger partial charge in [0.25, 0.3) is 0 Å². The summed E-state index contributed by atoms with van der Waals surface area (Å²) in [4.78, 5) is 21.5. The van der Waals surface area contributed by atoms with Gasteiger partial charge in [-0.3, -0.25) is 0 Å². The average molecular weight is 1370 g/mol. The van der Waals surface area contributed by atoms with Crippen LogP contribution < -0.4 is 0 Å². The summed E-state index contributed by atoms with van der Waals surface area (Å²) in [5, 5.41) is 29.2. The zero-order chi connectivity index (χ0) is 70.9. The van der Waals surface area contributed by atoms with E-state index in [4.69, 9.17) is 19.9 Å². The third-order valence-electron chi connectivity index (χ3n) is 22.6. The number of para-hydroxylation sites is 2. The van der Waals surface area contributed by atoms with Crippen LogP contribution in [-0.4, -0.2) is 19.9 Å². The molecule has 498 valence electrons. The number of aromatic nitrogens is 4. The molecule has 0 amide bonds. The molecule has 0 aliphatic heterocycles. The second-order valence-corrected chi connectivity index (χ2v) is 28.5. The largest absolute Gasteiger partial charge is 0.245 e. The van der Waals surface area contributed by atoms with E-state index in [-0.39, 0.29) is 0 Å². The van der Waals surface area contributed by atoms with Gasteiger partial charge in [-0.25, -0.2) is 19.9 Å². The molecule has 0 atom stereocenters. The predicted octanol–water partition coefficient (Wildman–Crippen LogP) is 28.3. The first-order chi connectivity index (χ1) is 53.6. The number of pyridine rings is 4. The lowest BCUT2D eigenvalue weighted by atomic mass is 9.85. The molecule has 4 heterocycles. The Bertz CT molecular complexity index is 7610. The van der Waals surface area contributed by atoms with Gasteiger partial charge < -0.3 is 0 Å². The van der Waals surface area contributed by atoms with Gasteiger partial charge >= 0.3 is 0 Å². The Morgan fingerprint density at radius 3 is 0.889 bits per heavy atom. The lowest BCUT2D eigenvalue weighted by Gasteiger charge is -2.19. The minimum Gasteiger partial charge on any atom is -0.245 e. The van der Waals surface area contributed by atoms with Gasteiger partial charge in [0, 0.05) is 54.6 Å². The van der Waals surface area contributed by atoms with Gasteiger partial charge in [0.05, 0.1) is 44.5 Å². The third-order valence-corrected chi connectivity index (χ3v) is 22.6. The lowest BCUT2D eigenvalue weighted by molar-refractivity contribution is 1.40. The predicted molar refractivity (Wildman–Crippen MR) is 459 cm³/mol. The van der Waals surface area contributed by atoms with E-state index < -0.39 is 0 Å². The Morgan fingerprint density at radius 2 is 0.435 bits per heavy atom. The molecule has 0 bridgehead atoms. The Labute approximate surface area is 621 Å². The van der Waals surface area contributed by atoms with Crippen LogP contribution in [0.5, 0.6) is 0 Å². The Kier molecular flexibility index (Phi) is 14.0. The minimum atomic E-state index is 0.911. The fourth-order valence-electron chi connectivity index (χ4n) is 17.8. The van der Waals surface area contributed by atoms with E-state index >= 15 is 0 Å². The van der Waals surface area contributed by atoms with Crippen molar-refractivity contribution >= 4 is 162 Å². The van der Waals surface area contributed by atoms with E-state index in [9.17, 15) is 0 Å². The molecule has 4 nitrogen and oxygen atoms in total. The van der Waals surface area contributed by atoms with Crippen LogP contribution in [-0.2, 0) is 0 Å². The van der Waals surface area contributed by atoms with Crippen molar-refractivity contribution in [2.75, 3.05) is 0 Å². The number of benzene rings is 19. The number of hydrogen-bond donors (Lipinski definition) is 0. The molecular weight excluding hydrogens is 1310 g/mol. The molecule has 4 heteroatoms. The van der Waals surface area contributed by atoms with E-state index in [2.05, 4.69) is 376 Å². The van der Waals surface area contributed by atoms with Gasteiger partial charge in [0.2, 0.25) is 0 Å². The Hall–Kier alpha value is -14.3. The summed E-state index contributed by atoms with van der Waals surface area (Å²) in [6.45, 7) is 0. The monoisotopic (exact) mass is 1370 g/mol. The van der Waals surface area contributed by atoms with Gasteiger partial charge in [-0.05, 0) is 167 Å². The molecule has 0 radical (unpaired) electrons. The molecule has 23 rings (SSSR count). The SMILES string of the molecule is c1ccc(-c2c3ccccc3nc3c2ccc2ccc(-c4c5ccccc5c(-c5ccc6c7ccccc7c7ccccc7c6c5)c5ccccc45)nc23)cc1.c1ccc(-c2c3ccccc3nc3c2ccc2ccc(-c4ccc(-c5ccc6c7ccccc7c7ccccc7c6c5)c5ccccc45)nc23)cc1. The first-order valence-electron chi connectivity index (χ1n) is 37.1. The van der Waals surface area contributed by atoms with E-state index in [1.54, 1.807) is 0 Å². The molecule has 0 aliphatic rings. The second-order valence-electron chi connectivity index (χ2n) is 28.5. The summed E-state index contributed by atoms with van der Waals surface area (Å²) >= 11 is 0. The Balaban J connectivity index is 0.000000134. The van der Waals surface area contributed by atoms with Crippen LogP contribution in [0.2, 0.25) is 0 Å². The maximum Gasteiger partial charge on any atom is 0.0978 e. The molecule has 23 aromatic rings. The zero-order valence-electron chi connectivity index (χ0n) is 58.6. The van der Waals surface area contributed by atoms with Crippen LogP contribution in [0.25, 0.3) is 229 Å². The molecule has 0 fully saturated rings. The van der Waals surface area contributed by atoms with Crippen LogP contribution in [0.4, 0.5) is 0 Å². The molecule has 108 heavy (non-hydrogen) atoms. The summed E-state index contributed by atoms with van der Waals surface area (Å²) in [5.74, 6) is 0. The van der Waals surface area contributed by atoms with Crippen molar-refractivity contribution in [3.63, 3.8) is 0 Å². The minimum absolute atomic E-state index is 0.911. The van der Waals surface area contributed by atoms with Crippen LogP contribution in [0.3, 0.4) is 0 Å². The van der Waals surface area contributed by atoms with E-state index in [1.807, 2.05) is 0 Å². The summed E-state index contributed by atoms with van der Waals surface area (Å²) in [7, 11) is 0. The second kappa shape index (κ2) is 24.7. The topological polar surface area (TPSA) is 51.6 Å². The van der Waals surface area contributed by atoms with E-state index in [1.165, 1.54) is 141 Å². The smallest absolute Gasteiger partial charge is 0.0978 e. The third kappa shape index (κ3) is 9.64. The molecule has 0 saturated heterocycles. The van der Waals surface area contributed by atoms with Crippen LogP contribution in [0, 0.1) is 0 Å². The van der Waals surface area contributed by atoms with Gasteiger partial charge in [-0.2, -0.15) is 0 Å². The highest BCUT2D eigenvalue weighted by Gasteiger charge is 2.23. The maximum absolute atomic E-state index is 5.56. The number of nitrogens with zero attached hydrogens (tertiary/aromatic N) is 4. The highest BCUT2D eigenvalue weighted by atomic mass is 14.8. The maximum atomic E-state index is 5.56. The molecule has 4 aromatic heterocycles. The molecule has 0 aliphatic carbocycles. The number of hydrogen-bond acceptors (Lipinski definition) is 4. The van der Waals surface area contributed by atoms with Crippen molar-refractivity contribution in [1.29, 1.82) is 0 Å². The highest BCUT2D eigenvalue weighted by molar-refractivity contribution is 6.29. The van der Waals surface area contributed by atoms with Gasteiger partial charge in [0.15, 0.2) is 0 Å². The first kappa shape index (κ1) is 61.2. The molecular formula is C104H62N4. The van der Waals surface area contributed by atoms with Crippen molar-refractivity contribution in [3.8, 4) is 67.0 Å². The normalized spacial score (nSPS) is 11.9. The van der Waals surface area contributed by atoms with Gasteiger partial charge in [0.1, 0.15) is 0 Å². The zero-order valence-corrected chi connectivity index (χ0v) is 58.6. The lowest BCUT2D eigenvalue weighted by Crippen LogP contribution is -1.95. The van der Waals surface area contributed by atoms with Gasteiger partial charge in [-0.15, -0.1) is 0 Å². The highest BCUT2D eigenvalue weighted by Crippen LogP contribution is 2.48. The fourth-order valence-corrected chi connectivity index (χ4v) is 17.8. The molecule has 0 spiro atoms. The number of fused-ring (bicyclic) bond motifs is 23. The standard InChI is InChI=1S/C54H32N2.C50H30N2/c1-2-14-33(15-3-1)50-45-24-12-13-25-48(45)55-54-46(50)30-26-34-28-31-49(56-53(34)54)52-43-22-10-8-20-41(43)51(42-21-9-11-23-44(42)52)35-27-29-40-38-18-5-4-16-36(38)37-17-6-7-19-39(37)47(40)32-35;1-2-12-31(13-3-1)48-43-20-10-11-21-46(43)52-50-44(48)26-22-32-24-29-47(51-49(32)50)42-28-27-34(35-14-4-8-18-39(35)42)33-23-25-41-38-17-6-5-15-36(38)37-16-7-9-19-40(37)45(41)30-33/h1-32H;1-30H. The first-order valence-corrected chi connectivity index (χ1v) is 37.1. The van der Waals surface area contributed by atoms with Gasteiger partial charge in [-0.1, -0.05) is 340 Å². The molecule has 0 unspecified atom stereocenters. The van der Waals surface area contributed by atoms with Crippen LogP contribution >= 0.6 is 0 Å². The fraction of sp³-hybridized carbons (Fsp3) is 0. The molecule has 19 aromatic carbocycles.